The summed E-state index contributed by atoms with van der Waals surface area (Å²) >= 11 is 0. The van der Waals surface area contributed by atoms with E-state index in [0.717, 1.165) is 5.56 Å². The number of aryl methyl sites for hydroxylation is 1. The third-order valence-corrected chi connectivity index (χ3v) is 4.98. The number of hydrogen-bond acceptors (Lipinski definition) is 3. The maximum atomic E-state index is 12.2. The van der Waals surface area contributed by atoms with Crippen LogP contribution < -0.4 is 0 Å². The smallest absolute Gasteiger partial charge is 0.306 e. The van der Waals surface area contributed by atoms with E-state index in [0.29, 0.717) is 6.42 Å². The predicted molar refractivity (Wildman–Crippen MR) is 78.4 cm³/mol. The molecule has 0 saturated heterocycles. The zero-order valence-corrected chi connectivity index (χ0v) is 13.0. The van der Waals surface area contributed by atoms with Crippen LogP contribution in [-0.2, 0) is 14.6 Å². The second-order valence-electron chi connectivity index (χ2n) is 5.59. The molecule has 1 unspecified atom stereocenters. The summed E-state index contributed by atoms with van der Waals surface area (Å²) in [5.41, 5.74) is 0.993. The standard InChI is InChI=1S/C15H22O4S/c1-11(2)10-13(15(16)17)8-9-20(18,19)14-6-4-12(3)5-7-14/h4-7,11,13H,8-10H2,1-3H3,(H,16,17). The first-order chi connectivity index (χ1) is 9.22. The normalized spacial score (nSPS) is 13.4. The molecule has 5 heteroatoms. The maximum Gasteiger partial charge on any atom is 0.306 e. The Morgan fingerprint density at radius 2 is 1.75 bits per heavy atom. The Bertz CT molecular complexity index is 544. The molecular weight excluding hydrogens is 276 g/mol. The van der Waals surface area contributed by atoms with E-state index in [9.17, 15) is 13.2 Å². The number of benzene rings is 1. The van der Waals surface area contributed by atoms with Crippen molar-refractivity contribution in [2.45, 2.75) is 38.5 Å². The van der Waals surface area contributed by atoms with Crippen molar-refractivity contribution in [3.63, 3.8) is 0 Å². The van der Waals surface area contributed by atoms with Gasteiger partial charge >= 0.3 is 5.97 Å². The zero-order chi connectivity index (χ0) is 15.3. The molecule has 1 N–H and O–H groups in total. The molecule has 0 amide bonds. The van der Waals surface area contributed by atoms with Crippen molar-refractivity contribution in [3.8, 4) is 0 Å². The molecule has 0 bridgehead atoms. The Morgan fingerprint density at radius 1 is 1.20 bits per heavy atom. The van der Waals surface area contributed by atoms with Gasteiger partial charge in [-0.2, -0.15) is 0 Å². The molecule has 0 aliphatic carbocycles. The predicted octanol–water partition coefficient (Wildman–Crippen LogP) is 2.91. The van der Waals surface area contributed by atoms with Crippen molar-refractivity contribution < 1.29 is 18.3 Å². The molecule has 20 heavy (non-hydrogen) atoms. The SMILES string of the molecule is Cc1ccc(S(=O)(=O)CCC(CC(C)C)C(=O)O)cc1. The van der Waals surface area contributed by atoms with E-state index in [-0.39, 0.29) is 23.0 Å². The van der Waals surface area contributed by atoms with Crippen LogP contribution in [0.1, 0.15) is 32.3 Å². The number of hydrogen-bond donors (Lipinski definition) is 1. The van der Waals surface area contributed by atoms with Gasteiger partial charge in [0.05, 0.1) is 16.6 Å². The minimum Gasteiger partial charge on any atom is -0.481 e. The van der Waals surface area contributed by atoms with E-state index in [2.05, 4.69) is 0 Å². The van der Waals surface area contributed by atoms with Crippen LogP contribution in [0.2, 0.25) is 0 Å². The lowest BCUT2D eigenvalue weighted by Gasteiger charge is -2.14. The summed E-state index contributed by atoms with van der Waals surface area (Å²) in [5, 5.41) is 9.13. The van der Waals surface area contributed by atoms with E-state index < -0.39 is 21.7 Å². The minimum atomic E-state index is -3.40. The maximum absolute atomic E-state index is 12.2. The van der Waals surface area contributed by atoms with Gasteiger partial charge in [0, 0.05) is 0 Å². The van der Waals surface area contributed by atoms with Gasteiger partial charge in [0.25, 0.3) is 0 Å². The lowest BCUT2D eigenvalue weighted by molar-refractivity contribution is -0.142. The van der Waals surface area contributed by atoms with Gasteiger partial charge in [0.2, 0.25) is 0 Å². The fourth-order valence-corrected chi connectivity index (χ4v) is 3.45. The Kier molecular flexibility index (Phi) is 5.74. The van der Waals surface area contributed by atoms with E-state index in [1.807, 2.05) is 20.8 Å². The van der Waals surface area contributed by atoms with Gasteiger partial charge in [-0.05, 0) is 37.8 Å². The van der Waals surface area contributed by atoms with Crippen LogP contribution in [-0.4, -0.2) is 25.2 Å². The molecule has 4 nitrogen and oxygen atoms in total. The highest BCUT2D eigenvalue weighted by atomic mass is 32.2. The Balaban J connectivity index is 2.75. The molecular formula is C15H22O4S. The van der Waals surface area contributed by atoms with Crippen LogP contribution in [0.5, 0.6) is 0 Å². The van der Waals surface area contributed by atoms with Gasteiger partial charge in [-0.3, -0.25) is 4.79 Å². The van der Waals surface area contributed by atoms with Crippen molar-refractivity contribution in [3.05, 3.63) is 29.8 Å². The second-order valence-corrected chi connectivity index (χ2v) is 7.69. The quantitative estimate of drug-likeness (QED) is 0.840. The minimum absolute atomic E-state index is 0.125. The van der Waals surface area contributed by atoms with E-state index in [1.165, 1.54) is 0 Å². The van der Waals surface area contributed by atoms with Gasteiger partial charge < -0.3 is 5.11 Å². The molecule has 1 rings (SSSR count). The Morgan fingerprint density at radius 3 is 2.20 bits per heavy atom. The lowest BCUT2D eigenvalue weighted by Crippen LogP contribution is -2.20. The highest BCUT2D eigenvalue weighted by Crippen LogP contribution is 2.20. The van der Waals surface area contributed by atoms with Crippen LogP contribution in [0.25, 0.3) is 0 Å². The average molecular weight is 298 g/mol. The van der Waals surface area contributed by atoms with Crippen molar-refractivity contribution in [2.75, 3.05) is 5.75 Å². The number of carboxylic acid groups (broad SMARTS) is 1. The first-order valence-electron chi connectivity index (χ1n) is 6.74. The van der Waals surface area contributed by atoms with Gasteiger partial charge in [0.1, 0.15) is 0 Å². The van der Waals surface area contributed by atoms with Crippen LogP contribution in [0.4, 0.5) is 0 Å². The summed E-state index contributed by atoms with van der Waals surface area (Å²) in [4.78, 5) is 11.4. The van der Waals surface area contributed by atoms with E-state index in [1.54, 1.807) is 24.3 Å². The zero-order valence-electron chi connectivity index (χ0n) is 12.2. The summed E-state index contributed by atoms with van der Waals surface area (Å²) in [6.45, 7) is 5.76. The van der Waals surface area contributed by atoms with Gasteiger partial charge in [0.15, 0.2) is 9.84 Å². The highest BCUT2D eigenvalue weighted by Gasteiger charge is 2.23. The van der Waals surface area contributed by atoms with Gasteiger partial charge in [-0.15, -0.1) is 0 Å². The van der Waals surface area contributed by atoms with E-state index >= 15 is 0 Å². The van der Waals surface area contributed by atoms with Gasteiger partial charge in [-0.25, -0.2) is 8.42 Å². The molecule has 0 spiro atoms. The molecule has 112 valence electrons. The number of carbonyl (C=O) groups is 1. The third-order valence-electron chi connectivity index (χ3n) is 3.22. The molecule has 0 saturated carbocycles. The first-order valence-corrected chi connectivity index (χ1v) is 8.40. The van der Waals surface area contributed by atoms with Crippen molar-refractivity contribution >= 4 is 15.8 Å². The molecule has 0 aliphatic heterocycles. The first kappa shape index (κ1) is 16.7. The fraction of sp³-hybridized carbons (Fsp3) is 0.533. The van der Waals surface area contributed by atoms with E-state index in [4.69, 9.17) is 5.11 Å². The average Bonchev–Trinajstić information content (AvgIpc) is 2.34. The second kappa shape index (κ2) is 6.88. The molecule has 1 aromatic carbocycles. The molecule has 1 atom stereocenters. The molecule has 0 radical (unpaired) electrons. The summed E-state index contributed by atoms with van der Waals surface area (Å²) in [6.07, 6.45) is 0.655. The van der Waals surface area contributed by atoms with Crippen molar-refractivity contribution in [1.29, 1.82) is 0 Å². The molecule has 0 fully saturated rings. The van der Waals surface area contributed by atoms with Crippen LogP contribution >= 0.6 is 0 Å². The Labute approximate surface area is 120 Å². The summed E-state index contributed by atoms with van der Waals surface area (Å²) in [7, 11) is -3.40. The number of carboxylic acids is 1. The van der Waals surface area contributed by atoms with Gasteiger partial charge in [-0.1, -0.05) is 31.5 Å². The highest BCUT2D eigenvalue weighted by molar-refractivity contribution is 7.91. The summed E-state index contributed by atoms with van der Waals surface area (Å²) < 4.78 is 24.3. The van der Waals surface area contributed by atoms with Crippen molar-refractivity contribution in [1.82, 2.24) is 0 Å². The molecule has 0 heterocycles. The number of aliphatic carboxylic acids is 1. The van der Waals surface area contributed by atoms with Crippen molar-refractivity contribution in [2.24, 2.45) is 11.8 Å². The Hall–Kier alpha value is -1.36. The molecule has 0 aliphatic rings. The summed E-state index contributed by atoms with van der Waals surface area (Å²) in [5.74, 6) is -1.41. The van der Waals surface area contributed by atoms with Crippen LogP contribution in [0, 0.1) is 18.8 Å². The van der Waals surface area contributed by atoms with Crippen LogP contribution in [0.3, 0.4) is 0 Å². The monoisotopic (exact) mass is 298 g/mol. The number of sulfone groups is 1. The third kappa shape index (κ3) is 4.96. The lowest BCUT2D eigenvalue weighted by atomic mass is 9.95. The number of rotatable bonds is 7. The molecule has 1 aromatic rings. The largest absolute Gasteiger partial charge is 0.481 e. The van der Waals surface area contributed by atoms with Crippen LogP contribution in [0.15, 0.2) is 29.2 Å². The fourth-order valence-electron chi connectivity index (χ4n) is 2.07. The topological polar surface area (TPSA) is 71.4 Å². The molecule has 0 aromatic heterocycles. The summed E-state index contributed by atoms with van der Waals surface area (Å²) in [6, 6.07) is 6.64.